The van der Waals surface area contributed by atoms with Crippen molar-refractivity contribution in [2.45, 2.75) is 104 Å². The van der Waals surface area contributed by atoms with Crippen molar-refractivity contribution >= 4 is 24.0 Å². The van der Waals surface area contributed by atoms with Gasteiger partial charge in [0.25, 0.3) is 5.91 Å². The molecule has 0 saturated heterocycles. The molecule has 2 aromatic carbocycles. The summed E-state index contributed by atoms with van der Waals surface area (Å²) in [6, 6.07) is 11.7. The Balaban J connectivity index is 1.69. The number of carbonyl (C=O) groups is 3. The minimum atomic E-state index is -0.521. The van der Waals surface area contributed by atoms with Gasteiger partial charge >= 0.3 is 5.97 Å². The van der Waals surface area contributed by atoms with E-state index in [-0.39, 0.29) is 18.2 Å². The predicted molar refractivity (Wildman–Crippen MR) is 175 cm³/mol. The maximum Gasteiger partial charge on any atom is 0.343 e. The van der Waals surface area contributed by atoms with Crippen molar-refractivity contribution in [1.82, 2.24) is 10.7 Å². The third-order valence-corrected chi connectivity index (χ3v) is 6.89. The fourth-order valence-corrected chi connectivity index (χ4v) is 4.46. The van der Waals surface area contributed by atoms with E-state index in [1.807, 2.05) is 13.8 Å². The minimum absolute atomic E-state index is 0.132. The SMILES string of the molecule is CCCCCCCCCCCCCC(=O)NCC(=O)NN=Cc1ccc(OC(=O)c2ccc(OCCC)cc2)c(OCC)c1. The molecule has 2 N–H and O–H groups in total. The lowest BCUT2D eigenvalue weighted by atomic mass is 10.1. The highest BCUT2D eigenvalue weighted by molar-refractivity contribution is 5.92. The number of hydrazone groups is 1. The van der Waals surface area contributed by atoms with E-state index in [1.165, 1.54) is 57.6 Å². The van der Waals surface area contributed by atoms with E-state index in [0.29, 0.717) is 42.3 Å². The van der Waals surface area contributed by atoms with E-state index in [4.69, 9.17) is 14.2 Å². The van der Waals surface area contributed by atoms with Crippen LogP contribution in [0.2, 0.25) is 0 Å². The number of unbranched alkanes of at least 4 members (excludes halogenated alkanes) is 10. The quantitative estimate of drug-likeness (QED) is 0.0447. The third kappa shape index (κ3) is 15.5. The Kier molecular flexibility index (Phi) is 18.7. The summed E-state index contributed by atoms with van der Waals surface area (Å²) < 4.78 is 16.8. The van der Waals surface area contributed by atoms with E-state index in [9.17, 15) is 14.4 Å². The summed E-state index contributed by atoms with van der Waals surface area (Å²) in [7, 11) is 0. The zero-order valence-corrected chi connectivity index (χ0v) is 26.8. The van der Waals surface area contributed by atoms with Gasteiger partial charge in [0.05, 0.1) is 31.5 Å². The van der Waals surface area contributed by atoms with Crippen LogP contribution in [0.25, 0.3) is 0 Å². The summed E-state index contributed by atoms with van der Waals surface area (Å²) in [5.41, 5.74) is 3.43. The number of esters is 1. The van der Waals surface area contributed by atoms with Gasteiger partial charge in [-0.3, -0.25) is 9.59 Å². The lowest BCUT2D eigenvalue weighted by Gasteiger charge is -2.12. The van der Waals surface area contributed by atoms with Gasteiger partial charge in [-0.1, -0.05) is 78.1 Å². The van der Waals surface area contributed by atoms with E-state index < -0.39 is 11.9 Å². The van der Waals surface area contributed by atoms with Crippen LogP contribution in [-0.4, -0.2) is 43.8 Å². The second-order valence-corrected chi connectivity index (χ2v) is 10.8. The lowest BCUT2D eigenvalue weighted by Crippen LogP contribution is -2.34. The maximum atomic E-state index is 12.7. The van der Waals surface area contributed by atoms with E-state index >= 15 is 0 Å². The van der Waals surface area contributed by atoms with Crippen molar-refractivity contribution in [2.24, 2.45) is 5.10 Å². The molecule has 0 unspecified atom stereocenters. The van der Waals surface area contributed by atoms with E-state index in [0.717, 1.165) is 25.7 Å². The number of ether oxygens (including phenoxy) is 3. The first-order valence-corrected chi connectivity index (χ1v) is 16.3. The van der Waals surface area contributed by atoms with Gasteiger partial charge in [0.15, 0.2) is 11.5 Å². The molecule has 9 heteroatoms. The molecule has 9 nitrogen and oxygen atoms in total. The highest BCUT2D eigenvalue weighted by Gasteiger charge is 2.14. The van der Waals surface area contributed by atoms with Gasteiger partial charge in [-0.2, -0.15) is 5.10 Å². The number of hydrogen-bond acceptors (Lipinski definition) is 7. The summed E-state index contributed by atoms with van der Waals surface area (Å²) in [5.74, 6) is 0.254. The van der Waals surface area contributed by atoms with Crippen molar-refractivity contribution in [3.8, 4) is 17.2 Å². The highest BCUT2D eigenvalue weighted by atomic mass is 16.6. The maximum absolute atomic E-state index is 12.7. The molecule has 0 aliphatic rings. The zero-order valence-electron chi connectivity index (χ0n) is 26.8. The fraction of sp³-hybridized carbons (Fsp3) is 0.543. The first kappa shape index (κ1) is 36.3. The third-order valence-electron chi connectivity index (χ3n) is 6.89. The number of nitrogens with zero attached hydrogens (tertiary/aromatic N) is 1. The zero-order chi connectivity index (χ0) is 31.8. The molecular formula is C35H51N3O6. The van der Waals surface area contributed by atoms with Crippen LogP contribution in [0.1, 0.15) is 120 Å². The van der Waals surface area contributed by atoms with Crippen LogP contribution in [0.3, 0.4) is 0 Å². The number of rotatable bonds is 23. The molecule has 0 atom stereocenters. The van der Waals surface area contributed by atoms with Crippen LogP contribution < -0.4 is 25.0 Å². The number of hydrogen-bond donors (Lipinski definition) is 2. The number of nitrogens with one attached hydrogen (secondary N) is 2. The predicted octanol–water partition coefficient (Wildman–Crippen LogP) is 7.36. The molecule has 0 aliphatic carbocycles. The van der Waals surface area contributed by atoms with E-state index in [1.54, 1.807) is 42.5 Å². The summed E-state index contributed by atoms with van der Waals surface area (Å²) in [6.45, 7) is 6.92. The fourth-order valence-electron chi connectivity index (χ4n) is 4.46. The van der Waals surface area contributed by atoms with E-state index in [2.05, 4.69) is 22.8 Å². The molecular weight excluding hydrogens is 558 g/mol. The largest absolute Gasteiger partial charge is 0.494 e. The second-order valence-electron chi connectivity index (χ2n) is 10.8. The molecule has 2 aromatic rings. The smallest absolute Gasteiger partial charge is 0.343 e. The molecule has 2 rings (SSSR count). The van der Waals surface area contributed by atoms with Gasteiger partial charge in [-0.15, -0.1) is 0 Å². The van der Waals surface area contributed by atoms with Crippen LogP contribution in [0.4, 0.5) is 0 Å². The van der Waals surface area contributed by atoms with Gasteiger partial charge in [-0.25, -0.2) is 10.2 Å². The van der Waals surface area contributed by atoms with Gasteiger partial charge in [-0.05, 0) is 67.8 Å². The minimum Gasteiger partial charge on any atom is -0.494 e. The Morgan fingerprint density at radius 2 is 1.39 bits per heavy atom. The average molecular weight is 610 g/mol. The summed E-state index contributed by atoms with van der Waals surface area (Å²) in [6.07, 6.45) is 16.2. The molecule has 242 valence electrons. The summed E-state index contributed by atoms with van der Waals surface area (Å²) in [4.78, 5) is 36.9. The standard InChI is InChI=1S/C35H51N3O6/c1-4-7-8-9-10-11-12-13-14-15-16-17-33(39)36-27-34(40)38-37-26-28-18-23-31(32(25-28)42-6-3)44-35(41)29-19-21-30(22-20-29)43-24-5-2/h18-23,25-26H,4-17,24,27H2,1-3H3,(H,36,39)(H,38,40). The first-order valence-electron chi connectivity index (χ1n) is 16.3. The molecule has 0 heterocycles. The Bertz CT molecular complexity index is 1150. The molecule has 0 bridgehead atoms. The molecule has 0 fully saturated rings. The molecule has 2 amide bonds. The van der Waals surface area contributed by atoms with Crippen molar-refractivity contribution < 1.29 is 28.6 Å². The Morgan fingerprint density at radius 3 is 2.02 bits per heavy atom. The normalized spacial score (nSPS) is 10.9. The molecule has 0 saturated carbocycles. The number of benzene rings is 2. The Hall–Kier alpha value is -3.88. The van der Waals surface area contributed by atoms with Gasteiger partial charge in [0.2, 0.25) is 5.91 Å². The summed E-state index contributed by atoms with van der Waals surface area (Å²) in [5, 5.41) is 6.61. The molecule has 0 aromatic heterocycles. The molecule has 0 aliphatic heterocycles. The Morgan fingerprint density at radius 1 is 0.727 bits per heavy atom. The molecule has 0 spiro atoms. The molecule has 44 heavy (non-hydrogen) atoms. The lowest BCUT2D eigenvalue weighted by molar-refractivity contribution is -0.126. The number of amides is 2. The van der Waals surface area contributed by atoms with Gasteiger partial charge < -0.3 is 19.5 Å². The first-order chi connectivity index (χ1) is 21.5. The monoisotopic (exact) mass is 609 g/mol. The van der Waals surface area contributed by atoms with Crippen LogP contribution in [-0.2, 0) is 9.59 Å². The average Bonchev–Trinajstić information content (AvgIpc) is 3.03. The van der Waals surface area contributed by atoms with Crippen LogP contribution in [0.15, 0.2) is 47.6 Å². The highest BCUT2D eigenvalue weighted by Crippen LogP contribution is 2.29. The van der Waals surface area contributed by atoms with Gasteiger partial charge in [0.1, 0.15) is 5.75 Å². The second kappa shape index (κ2) is 22.6. The topological polar surface area (TPSA) is 115 Å². The molecule has 0 radical (unpaired) electrons. The van der Waals surface area contributed by atoms with Crippen molar-refractivity contribution in [3.63, 3.8) is 0 Å². The van der Waals surface area contributed by atoms with Crippen LogP contribution in [0, 0.1) is 0 Å². The number of carbonyl (C=O) groups excluding carboxylic acids is 3. The van der Waals surface area contributed by atoms with Crippen LogP contribution >= 0.6 is 0 Å². The van der Waals surface area contributed by atoms with Crippen molar-refractivity contribution in [2.75, 3.05) is 19.8 Å². The van der Waals surface area contributed by atoms with Crippen LogP contribution in [0.5, 0.6) is 17.2 Å². The van der Waals surface area contributed by atoms with Crippen molar-refractivity contribution in [1.29, 1.82) is 0 Å². The van der Waals surface area contributed by atoms with Crippen molar-refractivity contribution in [3.05, 3.63) is 53.6 Å². The van der Waals surface area contributed by atoms with Gasteiger partial charge in [0, 0.05) is 6.42 Å². The Labute approximate surface area is 263 Å². The summed E-state index contributed by atoms with van der Waals surface area (Å²) >= 11 is 0.